The Hall–Kier alpha value is -0.860. The first kappa shape index (κ1) is 14.1. The van der Waals surface area contributed by atoms with Gasteiger partial charge in [-0.1, -0.05) is 44.5 Å². The molecule has 0 saturated carbocycles. The normalized spacial score (nSPS) is 34.1. The molecule has 1 aromatic carbocycles. The second-order valence-electron chi connectivity index (χ2n) is 6.72. The molecule has 2 nitrogen and oxygen atoms in total. The topological polar surface area (TPSA) is 23.5 Å². The molecule has 0 bridgehead atoms. The molecule has 4 atom stereocenters. The van der Waals surface area contributed by atoms with Crippen LogP contribution in [-0.2, 0) is 0 Å². The molecular weight excluding hydrogens is 246 g/mol. The number of rotatable bonds is 3. The third-order valence-corrected chi connectivity index (χ3v) is 5.29. The fourth-order valence-corrected chi connectivity index (χ4v) is 4.21. The van der Waals surface area contributed by atoms with Gasteiger partial charge in [-0.25, -0.2) is 0 Å². The van der Waals surface area contributed by atoms with Gasteiger partial charge in [0.15, 0.2) is 0 Å². The minimum atomic E-state index is -0.303. The summed E-state index contributed by atoms with van der Waals surface area (Å²) in [4.78, 5) is 2.55. The van der Waals surface area contributed by atoms with Crippen molar-refractivity contribution in [3.63, 3.8) is 0 Å². The standard InChI is InChI=1S/C18H27NO/c1-3-6-14-9-10-19(12-14)17-11-13(2)15-7-4-5-8-16(15)18(17)20/h4-5,7-8,13-14,17-18,20H,3,6,9-12H2,1-2H3. The van der Waals surface area contributed by atoms with E-state index in [-0.39, 0.29) is 6.10 Å². The number of hydrogen-bond acceptors (Lipinski definition) is 2. The molecule has 4 unspecified atom stereocenters. The number of nitrogens with zero attached hydrogens (tertiary/aromatic N) is 1. The van der Waals surface area contributed by atoms with Gasteiger partial charge in [0.05, 0.1) is 6.10 Å². The average molecular weight is 273 g/mol. The Morgan fingerprint density at radius 1 is 1.25 bits per heavy atom. The first-order chi connectivity index (χ1) is 9.70. The van der Waals surface area contributed by atoms with Crippen molar-refractivity contribution in [1.29, 1.82) is 0 Å². The van der Waals surface area contributed by atoms with Crippen LogP contribution < -0.4 is 0 Å². The molecule has 20 heavy (non-hydrogen) atoms. The Balaban J connectivity index is 1.76. The Labute approximate surface area is 122 Å². The van der Waals surface area contributed by atoms with Crippen molar-refractivity contribution >= 4 is 0 Å². The zero-order chi connectivity index (χ0) is 14.1. The number of hydrogen-bond donors (Lipinski definition) is 1. The summed E-state index contributed by atoms with van der Waals surface area (Å²) < 4.78 is 0. The third-order valence-electron chi connectivity index (χ3n) is 5.29. The number of likely N-dealkylation sites (tertiary alicyclic amines) is 1. The lowest BCUT2D eigenvalue weighted by atomic mass is 9.79. The Morgan fingerprint density at radius 3 is 2.75 bits per heavy atom. The summed E-state index contributed by atoms with van der Waals surface area (Å²) in [5.41, 5.74) is 2.51. The lowest BCUT2D eigenvalue weighted by molar-refractivity contribution is 0.0416. The molecule has 1 fully saturated rings. The minimum Gasteiger partial charge on any atom is -0.387 e. The van der Waals surface area contributed by atoms with Crippen molar-refractivity contribution in [2.45, 2.75) is 57.6 Å². The van der Waals surface area contributed by atoms with E-state index in [2.05, 4.69) is 43.0 Å². The van der Waals surface area contributed by atoms with E-state index in [0.29, 0.717) is 12.0 Å². The van der Waals surface area contributed by atoms with E-state index in [1.54, 1.807) is 0 Å². The zero-order valence-electron chi connectivity index (χ0n) is 12.8. The van der Waals surface area contributed by atoms with Crippen LogP contribution in [0.4, 0.5) is 0 Å². The van der Waals surface area contributed by atoms with Crippen LogP contribution in [0.1, 0.15) is 62.7 Å². The molecule has 1 aliphatic heterocycles. The second kappa shape index (κ2) is 5.87. The summed E-state index contributed by atoms with van der Waals surface area (Å²) >= 11 is 0. The van der Waals surface area contributed by atoms with E-state index < -0.39 is 0 Å². The summed E-state index contributed by atoms with van der Waals surface area (Å²) in [6.45, 7) is 6.93. The molecule has 1 aliphatic carbocycles. The summed E-state index contributed by atoms with van der Waals surface area (Å²) in [7, 11) is 0. The first-order valence-electron chi connectivity index (χ1n) is 8.21. The van der Waals surface area contributed by atoms with Crippen LogP contribution in [0.3, 0.4) is 0 Å². The van der Waals surface area contributed by atoms with E-state index >= 15 is 0 Å². The van der Waals surface area contributed by atoms with Crippen LogP contribution in [-0.4, -0.2) is 29.1 Å². The summed E-state index contributed by atoms with van der Waals surface area (Å²) in [6, 6.07) is 8.77. The molecule has 110 valence electrons. The summed E-state index contributed by atoms with van der Waals surface area (Å²) in [5, 5.41) is 10.8. The SMILES string of the molecule is CCCC1CCN(C2CC(C)c3ccccc3C2O)C1. The van der Waals surface area contributed by atoms with Gasteiger partial charge in [0.2, 0.25) is 0 Å². The quantitative estimate of drug-likeness (QED) is 0.907. The van der Waals surface area contributed by atoms with Crippen LogP contribution in [0.15, 0.2) is 24.3 Å². The second-order valence-corrected chi connectivity index (χ2v) is 6.72. The highest BCUT2D eigenvalue weighted by Crippen LogP contribution is 2.41. The molecule has 3 rings (SSSR count). The zero-order valence-corrected chi connectivity index (χ0v) is 12.8. The van der Waals surface area contributed by atoms with E-state index in [0.717, 1.165) is 17.9 Å². The van der Waals surface area contributed by atoms with E-state index in [4.69, 9.17) is 0 Å². The Kier molecular flexibility index (Phi) is 4.13. The van der Waals surface area contributed by atoms with Crippen molar-refractivity contribution in [3.8, 4) is 0 Å². The average Bonchev–Trinajstić information content (AvgIpc) is 2.92. The third kappa shape index (κ3) is 2.51. The fourth-order valence-electron chi connectivity index (χ4n) is 4.21. The number of aliphatic hydroxyl groups is 1. The maximum absolute atomic E-state index is 10.8. The van der Waals surface area contributed by atoms with Gasteiger partial charge >= 0.3 is 0 Å². The number of benzene rings is 1. The van der Waals surface area contributed by atoms with Crippen LogP contribution in [0.25, 0.3) is 0 Å². The first-order valence-corrected chi connectivity index (χ1v) is 8.21. The van der Waals surface area contributed by atoms with Crippen LogP contribution >= 0.6 is 0 Å². The molecule has 0 radical (unpaired) electrons. The molecule has 0 amide bonds. The van der Waals surface area contributed by atoms with Gasteiger partial charge < -0.3 is 5.11 Å². The molecule has 0 spiro atoms. The molecule has 2 heteroatoms. The molecule has 1 aromatic rings. The maximum atomic E-state index is 10.8. The smallest absolute Gasteiger partial charge is 0.0948 e. The molecule has 1 saturated heterocycles. The maximum Gasteiger partial charge on any atom is 0.0948 e. The summed E-state index contributed by atoms with van der Waals surface area (Å²) in [6.07, 6.45) is 4.73. The lowest BCUT2D eigenvalue weighted by Gasteiger charge is -2.39. The van der Waals surface area contributed by atoms with Crippen molar-refractivity contribution < 1.29 is 5.11 Å². The number of fused-ring (bicyclic) bond motifs is 1. The van der Waals surface area contributed by atoms with Crippen LogP contribution in [0, 0.1) is 5.92 Å². The van der Waals surface area contributed by atoms with Crippen molar-refractivity contribution in [2.75, 3.05) is 13.1 Å². The van der Waals surface area contributed by atoms with Gasteiger partial charge in [0, 0.05) is 12.6 Å². The van der Waals surface area contributed by atoms with Gasteiger partial charge in [0.25, 0.3) is 0 Å². The highest BCUT2D eigenvalue weighted by atomic mass is 16.3. The lowest BCUT2D eigenvalue weighted by Crippen LogP contribution is -2.41. The van der Waals surface area contributed by atoms with Crippen molar-refractivity contribution in [1.82, 2.24) is 4.90 Å². The van der Waals surface area contributed by atoms with Gasteiger partial charge in [-0.15, -0.1) is 0 Å². The van der Waals surface area contributed by atoms with Crippen molar-refractivity contribution in [2.24, 2.45) is 5.92 Å². The monoisotopic (exact) mass is 273 g/mol. The van der Waals surface area contributed by atoms with E-state index in [1.165, 1.54) is 37.9 Å². The number of aliphatic hydroxyl groups excluding tert-OH is 1. The van der Waals surface area contributed by atoms with E-state index in [9.17, 15) is 5.11 Å². The highest BCUT2D eigenvalue weighted by molar-refractivity contribution is 5.35. The van der Waals surface area contributed by atoms with E-state index in [1.807, 2.05) is 0 Å². The molecule has 1 heterocycles. The van der Waals surface area contributed by atoms with Gasteiger partial charge in [-0.3, -0.25) is 4.90 Å². The van der Waals surface area contributed by atoms with Gasteiger partial charge in [-0.2, -0.15) is 0 Å². The predicted octanol–water partition coefficient (Wildman–Crippen LogP) is 3.72. The predicted molar refractivity (Wildman–Crippen MR) is 82.8 cm³/mol. The molecule has 2 aliphatic rings. The minimum absolute atomic E-state index is 0.303. The van der Waals surface area contributed by atoms with Crippen molar-refractivity contribution in [3.05, 3.63) is 35.4 Å². The fraction of sp³-hybridized carbons (Fsp3) is 0.667. The summed E-state index contributed by atoms with van der Waals surface area (Å²) in [5.74, 6) is 1.41. The van der Waals surface area contributed by atoms with Gasteiger partial charge in [0.1, 0.15) is 0 Å². The molecule has 0 aromatic heterocycles. The van der Waals surface area contributed by atoms with Gasteiger partial charge in [-0.05, 0) is 48.8 Å². The molecule has 1 N–H and O–H groups in total. The van der Waals surface area contributed by atoms with Crippen LogP contribution in [0.5, 0.6) is 0 Å². The van der Waals surface area contributed by atoms with Crippen LogP contribution in [0.2, 0.25) is 0 Å². The largest absolute Gasteiger partial charge is 0.387 e. The Bertz CT molecular complexity index is 458. The Morgan fingerprint density at radius 2 is 2.00 bits per heavy atom. The highest BCUT2D eigenvalue weighted by Gasteiger charge is 2.37. The molecular formula is C18H27NO.